The molecule has 1 unspecified atom stereocenters. The van der Waals surface area contributed by atoms with Crippen molar-refractivity contribution < 1.29 is 13.9 Å². The van der Waals surface area contributed by atoms with Gasteiger partial charge in [0.25, 0.3) is 5.91 Å². The lowest BCUT2D eigenvalue weighted by atomic mass is 10.0. The van der Waals surface area contributed by atoms with Crippen LogP contribution in [0, 0.1) is 5.82 Å². The maximum absolute atomic E-state index is 14.9. The van der Waals surface area contributed by atoms with Gasteiger partial charge in [0.15, 0.2) is 0 Å². The third kappa shape index (κ3) is 5.97. The largest absolute Gasteiger partial charge is 0.489 e. The molecule has 0 radical (unpaired) electrons. The molecule has 4 nitrogen and oxygen atoms in total. The first-order valence-corrected chi connectivity index (χ1v) is 13.2. The van der Waals surface area contributed by atoms with Crippen molar-refractivity contribution in [3.05, 3.63) is 62.9 Å². The second kappa shape index (κ2) is 10.0. The van der Waals surface area contributed by atoms with Gasteiger partial charge in [-0.25, -0.2) is 4.39 Å². The SMILES string of the molecule is O=C(NSC1CC1)c1cc(C2CC2)c(OC2CCCN(Cc3ccc(Cl)cc3Cl)C2)cc1F. The van der Waals surface area contributed by atoms with E-state index in [9.17, 15) is 9.18 Å². The van der Waals surface area contributed by atoms with E-state index in [0.29, 0.717) is 27.0 Å². The van der Waals surface area contributed by atoms with E-state index in [0.717, 1.165) is 69.3 Å². The number of benzene rings is 2. The molecule has 1 aliphatic heterocycles. The van der Waals surface area contributed by atoms with Crippen LogP contribution in [0.5, 0.6) is 5.75 Å². The van der Waals surface area contributed by atoms with E-state index in [1.807, 2.05) is 12.1 Å². The van der Waals surface area contributed by atoms with Crippen LogP contribution in [0.1, 0.15) is 65.9 Å². The fourth-order valence-corrected chi connectivity index (χ4v) is 5.49. The topological polar surface area (TPSA) is 41.6 Å². The Morgan fingerprint density at radius 2 is 1.97 bits per heavy atom. The van der Waals surface area contributed by atoms with Gasteiger partial charge in [-0.3, -0.25) is 14.4 Å². The van der Waals surface area contributed by atoms with Gasteiger partial charge in [0.2, 0.25) is 0 Å². The van der Waals surface area contributed by atoms with Crippen molar-refractivity contribution in [3.8, 4) is 5.75 Å². The number of hydrogen-bond donors (Lipinski definition) is 1. The van der Waals surface area contributed by atoms with Crippen molar-refractivity contribution >= 4 is 41.1 Å². The average Bonchev–Trinajstić information content (AvgIpc) is 3.68. The summed E-state index contributed by atoms with van der Waals surface area (Å²) >= 11 is 13.8. The Morgan fingerprint density at radius 3 is 2.70 bits per heavy atom. The Balaban J connectivity index is 1.27. The molecule has 0 spiro atoms. The van der Waals surface area contributed by atoms with Crippen LogP contribution in [-0.4, -0.2) is 35.3 Å². The van der Waals surface area contributed by atoms with Crippen LogP contribution in [0.25, 0.3) is 0 Å². The molecule has 0 bridgehead atoms. The molecule has 2 aromatic carbocycles. The van der Waals surface area contributed by atoms with Crippen LogP contribution < -0.4 is 9.46 Å². The van der Waals surface area contributed by atoms with Crippen molar-refractivity contribution in [2.45, 2.75) is 62.3 Å². The van der Waals surface area contributed by atoms with E-state index < -0.39 is 5.82 Å². The highest BCUT2D eigenvalue weighted by Crippen LogP contribution is 2.45. The van der Waals surface area contributed by atoms with Gasteiger partial charge in [0, 0.05) is 34.5 Å². The van der Waals surface area contributed by atoms with Crippen LogP contribution in [0.4, 0.5) is 4.39 Å². The quantitative estimate of drug-likeness (QED) is 0.408. The number of ether oxygens (including phenoxy) is 1. The molecule has 3 fully saturated rings. The van der Waals surface area contributed by atoms with E-state index in [1.54, 1.807) is 12.1 Å². The summed E-state index contributed by atoms with van der Waals surface area (Å²) < 4.78 is 24.1. The molecule has 1 heterocycles. The number of amides is 1. The molecule has 1 saturated heterocycles. The fourth-order valence-electron chi connectivity index (χ4n) is 4.26. The number of nitrogens with one attached hydrogen (secondary N) is 1. The molecule has 2 aliphatic carbocycles. The summed E-state index contributed by atoms with van der Waals surface area (Å²) in [5.41, 5.74) is 2.10. The summed E-state index contributed by atoms with van der Waals surface area (Å²) in [5, 5.41) is 1.76. The van der Waals surface area contributed by atoms with Crippen molar-refractivity contribution in [1.82, 2.24) is 9.62 Å². The average molecular weight is 509 g/mol. The zero-order valence-electron chi connectivity index (χ0n) is 18.3. The summed E-state index contributed by atoms with van der Waals surface area (Å²) in [5.74, 6) is 0.0408. The second-order valence-corrected chi connectivity index (χ2v) is 11.2. The minimum Gasteiger partial charge on any atom is -0.489 e. The predicted molar refractivity (Wildman–Crippen MR) is 132 cm³/mol. The van der Waals surface area contributed by atoms with Crippen LogP contribution >= 0.6 is 35.1 Å². The number of likely N-dealkylation sites (tertiary alicyclic amines) is 1. The summed E-state index contributed by atoms with van der Waals surface area (Å²) in [6.45, 7) is 2.42. The molecular weight excluding hydrogens is 482 g/mol. The molecule has 1 N–H and O–H groups in total. The van der Waals surface area contributed by atoms with Gasteiger partial charge in [-0.1, -0.05) is 29.3 Å². The molecule has 8 heteroatoms. The lowest BCUT2D eigenvalue weighted by molar-refractivity contribution is 0.0832. The third-order valence-electron chi connectivity index (χ3n) is 6.37. The van der Waals surface area contributed by atoms with Gasteiger partial charge in [-0.05, 0) is 92.3 Å². The molecular formula is C25H27Cl2FN2O2S. The molecule has 2 aromatic rings. The van der Waals surface area contributed by atoms with Crippen LogP contribution in [0.15, 0.2) is 30.3 Å². The Hall–Kier alpha value is -1.47. The van der Waals surface area contributed by atoms with E-state index in [1.165, 1.54) is 18.0 Å². The minimum absolute atomic E-state index is 0.0353. The van der Waals surface area contributed by atoms with Crippen molar-refractivity contribution in [1.29, 1.82) is 0 Å². The highest BCUT2D eigenvalue weighted by Gasteiger charge is 2.32. The maximum Gasteiger partial charge on any atom is 0.264 e. The number of nitrogens with zero attached hydrogens (tertiary/aromatic N) is 1. The van der Waals surface area contributed by atoms with E-state index in [-0.39, 0.29) is 17.6 Å². The summed E-state index contributed by atoms with van der Waals surface area (Å²) in [6, 6.07) is 8.70. The molecule has 0 aromatic heterocycles. The van der Waals surface area contributed by atoms with Gasteiger partial charge < -0.3 is 4.74 Å². The van der Waals surface area contributed by atoms with E-state index in [4.69, 9.17) is 27.9 Å². The number of hydrogen-bond acceptors (Lipinski definition) is 4. The predicted octanol–water partition coefficient (Wildman–Crippen LogP) is 6.59. The van der Waals surface area contributed by atoms with Crippen molar-refractivity contribution in [2.75, 3.05) is 13.1 Å². The highest BCUT2D eigenvalue weighted by molar-refractivity contribution is 7.98. The molecule has 1 atom stereocenters. The standard InChI is InChI=1S/C25H27Cl2FN2O2S/c26-17-6-5-16(22(27)10-17)13-30-9-1-2-18(14-30)32-24-12-23(28)21(11-20(24)15-3-4-15)25(31)29-33-19-7-8-19/h5-6,10-12,15,18-19H,1-4,7-9,13-14H2,(H,29,31). The third-order valence-corrected chi connectivity index (χ3v) is 8.06. The van der Waals surface area contributed by atoms with Gasteiger partial charge in [-0.15, -0.1) is 0 Å². The Labute approximate surface area is 208 Å². The Kier molecular flexibility index (Phi) is 7.07. The number of piperidine rings is 1. The molecule has 1 amide bonds. The number of carbonyl (C=O) groups is 1. The normalized spacial score (nSPS) is 21.1. The molecule has 176 valence electrons. The smallest absolute Gasteiger partial charge is 0.264 e. The monoisotopic (exact) mass is 508 g/mol. The van der Waals surface area contributed by atoms with Crippen LogP contribution in [0.3, 0.4) is 0 Å². The minimum atomic E-state index is -0.524. The number of carbonyl (C=O) groups excluding carboxylic acids is 1. The molecule has 2 saturated carbocycles. The second-order valence-electron chi connectivity index (χ2n) is 9.25. The summed E-state index contributed by atoms with van der Waals surface area (Å²) in [6.07, 6.45) is 6.18. The van der Waals surface area contributed by atoms with E-state index >= 15 is 0 Å². The first-order chi connectivity index (χ1) is 16.0. The zero-order chi connectivity index (χ0) is 22.9. The molecule has 5 rings (SSSR count). The Morgan fingerprint density at radius 1 is 1.15 bits per heavy atom. The zero-order valence-corrected chi connectivity index (χ0v) is 20.6. The molecule has 33 heavy (non-hydrogen) atoms. The summed E-state index contributed by atoms with van der Waals surface area (Å²) in [7, 11) is 0. The van der Waals surface area contributed by atoms with Crippen molar-refractivity contribution in [2.24, 2.45) is 0 Å². The number of rotatable bonds is 8. The molecule has 3 aliphatic rings. The summed E-state index contributed by atoms with van der Waals surface area (Å²) in [4.78, 5) is 14.8. The van der Waals surface area contributed by atoms with Gasteiger partial charge in [0.1, 0.15) is 17.7 Å². The maximum atomic E-state index is 14.9. The highest BCUT2D eigenvalue weighted by atomic mass is 35.5. The fraction of sp³-hybridized carbons (Fsp3) is 0.480. The number of halogens is 3. The lowest BCUT2D eigenvalue weighted by Crippen LogP contribution is -2.40. The van der Waals surface area contributed by atoms with E-state index in [2.05, 4.69) is 9.62 Å². The van der Waals surface area contributed by atoms with Gasteiger partial charge in [-0.2, -0.15) is 0 Å². The Bertz CT molecular complexity index is 1050. The van der Waals surface area contributed by atoms with Gasteiger partial charge in [0.05, 0.1) is 5.56 Å². The van der Waals surface area contributed by atoms with Crippen molar-refractivity contribution in [3.63, 3.8) is 0 Å². The lowest BCUT2D eigenvalue weighted by Gasteiger charge is -2.33. The first kappa shape index (κ1) is 23.3. The van der Waals surface area contributed by atoms with Gasteiger partial charge >= 0.3 is 0 Å². The van der Waals surface area contributed by atoms with Crippen LogP contribution in [-0.2, 0) is 6.54 Å². The van der Waals surface area contributed by atoms with Crippen LogP contribution in [0.2, 0.25) is 10.0 Å². The first-order valence-electron chi connectivity index (χ1n) is 11.6.